The fourth-order valence-electron chi connectivity index (χ4n) is 3.67. The molecule has 0 bridgehead atoms. The van der Waals surface area contributed by atoms with Crippen molar-refractivity contribution < 1.29 is 28.6 Å². The molecule has 8 nitrogen and oxygen atoms in total. The molecule has 3 aromatic rings. The van der Waals surface area contributed by atoms with Gasteiger partial charge < -0.3 is 19.2 Å². The van der Waals surface area contributed by atoms with Crippen molar-refractivity contribution in [2.24, 2.45) is 0 Å². The highest BCUT2D eigenvalue weighted by Crippen LogP contribution is 2.26. The maximum atomic E-state index is 13.2. The molecular weight excluding hydrogens is 460 g/mol. The number of aromatic nitrogens is 1. The Hall–Kier alpha value is -4.64. The van der Waals surface area contributed by atoms with Gasteiger partial charge in [-0.3, -0.25) is 4.79 Å². The summed E-state index contributed by atoms with van der Waals surface area (Å²) in [7, 11) is 1.32. The van der Waals surface area contributed by atoms with Crippen LogP contribution in [0.1, 0.15) is 60.5 Å². The van der Waals surface area contributed by atoms with E-state index in [1.165, 1.54) is 13.2 Å². The minimum absolute atomic E-state index is 0.117. The first-order chi connectivity index (χ1) is 17.3. The zero-order valence-corrected chi connectivity index (χ0v) is 20.5. The predicted molar refractivity (Wildman–Crippen MR) is 133 cm³/mol. The molecule has 0 aliphatic carbocycles. The number of carbonyl (C=O) groups excluding carboxylic acids is 3. The average molecular weight is 487 g/mol. The van der Waals surface area contributed by atoms with E-state index in [1.54, 1.807) is 69.3 Å². The molecule has 0 radical (unpaired) electrons. The van der Waals surface area contributed by atoms with Gasteiger partial charge in [-0.1, -0.05) is 30.3 Å². The molecule has 0 saturated carbocycles. The highest BCUT2D eigenvalue weighted by Gasteiger charge is 2.25. The highest BCUT2D eigenvalue weighted by atomic mass is 16.5. The van der Waals surface area contributed by atoms with Crippen LogP contribution >= 0.6 is 0 Å². The molecule has 1 N–H and O–H groups in total. The molecule has 1 aromatic heterocycles. The van der Waals surface area contributed by atoms with Crippen LogP contribution in [0.4, 0.5) is 0 Å². The number of aryl methyl sites for hydroxylation is 1. The van der Waals surface area contributed by atoms with Crippen LogP contribution in [0.5, 0.6) is 5.75 Å². The number of rotatable bonds is 9. The Kier molecular flexibility index (Phi) is 8.42. The van der Waals surface area contributed by atoms with E-state index in [4.69, 9.17) is 14.2 Å². The van der Waals surface area contributed by atoms with Gasteiger partial charge in [0.2, 0.25) is 5.78 Å². The van der Waals surface area contributed by atoms with Gasteiger partial charge in [0.1, 0.15) is 24.0 Å². The molecule has 0 spiro atoms. The smallest absolute Gasteiger partial charge is 0.340 e. The van der Waals surface area contributed by atoms with Gasteiger partial charge in [0.05, 0.1) is 30.5 Å². The fraction of sp³-hybridized carbons (Fsp3) is 0.214. The van der Waals surface area contributed by atoms with Crippen molar-refractivity contribution in [2.45, 2.75) is 27.4 Å². The van der Waals surface area contributed by atoms with Crippen LogP contribution < -0.4 is 4.74 Å². The minimum Gasteiger partial charge on any atom is -0.488 e. The Balaban J connectivity index is 1.85. The molecule has 36 heavy (non-hydrogen) atoms. The zero-order valence-electron chi connectivity index (χ0n) is 20.5. The third-order valence-corrected chi connectivity index (χ3v) is 5.50. The number of hydrogen-bond acceptors (Lipinski definition) is 7. The van der Waals surface area contributed by atoms with Crippen LogP contribution in [-0.2, 0) is 16.1 Å². The Morgan fingerprint density at radius 3 is 2.36 bits per heavy atom. The largest absolute Gasteiger partial charge is 0.488 e. The number of hydrogen-bond donors (Lipinski definition) is 1. The number of nitrogens with one attached hydrogen (secondary N) is 1. The van der Waals surface area contributed by atoms with Crippen LogP contribution in [0.2, 0.25) is 0 Å². The van der Waals surface area contributed by atoms with E-state index in [0.29, 0.717) is 33.7 Å². The number of benzene rings is 2. The number of nitriles is 1. The molecule has 0 aliphatic heterocycles. The second-order valence-electron chi connectivity index (χ2n) is 7.86. The molecule has 0 atom stereocenters. The first-order valence-corrected chi connectivity index (χ1v) is 11.2. The number of H-pyrrole nitrogens is 1. The molecule has 8 heteroatoms. The van der Waals surface area contributed by atoms with E-state index in [-0.39, 0.29) is 24.5 Å². The summed E-state index contributed by atoms with van der Waals surface area (Å²) in [6.45, 7) is 5.43. The van der Waals surface area contributed by atoms with E-state index in [2.05, 4.69) is 4.98 Å². The van der Waals surface area contributed by atoms with Crippen molar-refractivity contribution in [1.82, 2.24) is 4.98 Å². The summed E-state index contributed by atoms with van der Waals surface area (Å²) >= 11 is 0. The normalized spacial score (nSPS) is 10.9. The van der Waals surface area contributed by atoms with Gasteiger partial charge in [0.15, 0.2) is 0 Å². The van der Waals surface area contributed by atoms with Crippen LogP contribution in [0.3, 0.4) is 0 Å². The molecule has 0 amide bonds. The minimum atomic E-state index is -0.540. The molecule has 0 fully saturated rings. The number of esters is 2. The van der Waals surface area contributed by atoms with Crippen LogP contribution in [-0.4, -0.2) is 36.4 Å². The van der Waals surface area contributed by atoms with Gasteiger partial charge in [0, 0.05) is 11.3 Å². The van der Waals surface area contributed by atoms with E-state index < -0.39 is 17.7 Å². The first-order valence-electron chi connectivity index (χ1n) is 11.2. The van der Waals surface area contributed by atoms with Gasteiger partial charge in [0.25, 0.3) is 0 Å². The molecule has 184 valence electrons. The number of ketones is 1. The zero-order chi connectivity index (χ0) is 26.2. The summed E-state index contributed by atoms with van der Waals surface area (Å²) in [4.78, 5) is 40.0. The molecule has 3 rings (SSSR count). The summed E-state index contributed by atoms with van der Waals surface area (Å²) in [6, 6.07) is 15.8. The molecule has 1 heterocycles. The number of nitrogens with zero attached hydrogens (tertiary/aromatic N) is 1. The maximum absolute atomic E-state index is 13.2. The van der Waals surface area contributed by atoms with Crippen molar-refractivity contribution >= 4 is 23.8 Å². The van der Waals surface area contributed by atoms with Crippen LogP contribution in [0.15, 0.2) is 54.1 Å². The highest BCUT2D eigenvalue weighted by molar-refractivity contribution is 6.15. The van der Waals surface area contributed by atoms with Crippen molar-refractivity contribution in [3.05, 3.63) is 93.3 Å². The second kappa shape index (κ2) is 11.7. The van der Waals surface area contributed by atoms with Crippen molar-refractivity contribution in [2.75, 3.05) is 13.7 Å². The lowest BCUT2D eigenvalue weighted by molar-refractivity contribution is 0.0524. The SMILES string of the molecule is CCOC(=O)c1c(C)[nH]c(C(=O)C(C#N)=Cc2ccccc2OCc2ccc(C(=O)OC)cc2)c1C. The topological polar surface area (TPSA) is 118 Å². The van der Waals surface area contributed by atoms with Gasteiger partial charge >= 0.3 is 11.9 Å². The monoisotopic (exact) mass is 486 g/mol. The summed E-state index contributed by atoms with van der Waals surface area (Å²) in [6.07, 6.45) is 1.46. The lowest BCUT2D eigenvalue weighted by Crippen LogP contribution is -2.08. The van der Waals surface area contributed by atoms with Crippen molar-refractivity contribution in [3.63, 3.8) is 0 Å². The molecule has 0 saturated heterocycles. The van der Waals surface area contributed by atoms with Gasteiger partial charge in [-0.15, -0.1) is 0 Å². The van der Waals surface area contributed by atoms with Crippen molar-refractivity contribution in [1.29, 1.82) is 5.26 Å². The third kappa shape index (κ3) is 5.70. The Morgan fingerprint density at radius 1 is 1.03 bits per heavy atom. The first kappa shape index (κ1) is 26.0. The molecule has 2 aromatic carbocycles. The maximum Gasteiger partial charge on any atom is 0.340 e. The standard InChI is InChI=1S/C28H26N2O6/c1-5-35-28(33)24-17(2)25(30-18(24)3)26(31)22(15-29)14-21-8-6-7-9-23(21)36-16-19-10-12-20(13-11-19)27(32)34-4/h6-14,30H,5,16H2,1-4H3. The van der Waals surface area contributed by atoms with Crippen LogP contribution in [0.25, 0.3) is 6.08 Å². The number of para-hydroxylation sites is 1. The molecule has 0 unspecified atom stereocenters. The Bertz CT molecular complexity index is 1360. The number of methoxy groups -OCH3 is 1. The van der Waals surface area contributed by atoms with E-state index >= 15 is 0 Å². The number of ether oxygens (including phenoxy) is 3. The van der Waals surface area contributed by atoms with Gasteiger partial charge in [-0.25, -0.2) is 9.59 Å². The summed E-state index contributed by atoms with van der Waals surface area (Å²) < 4.78 is 15.7. The third-order valence-electron chi connectivity index (χ3n) is 5.50. The number of Topliss-reactive ketones (excluding diaryl/α,β-unsaturated/α-hetero) is 1. The number of aromatic amines is 1. The fourth-order valence-corrected chi connectivity index (χ4v) is 3.67. The predicted octanol–water partition coefficient (Wildman–Crippen LogP) is 4.96. The molecular formula is C28H26N2O6. The van der Waals surface area contributed by atoms with Crippen LogP contribution in [0, 0.1) is 25.2 Å². The second-order valence-corrected chi connectivity index (χ2v) is 7.86. The lowest BCUT2D eigenvalue weighted by atomic mass is 10.0. The summed E-state index contributed by atoms with van der Waals surface area (Å²) in [5, 5.41) is 9.75. The quantitative estimate of drug-likeness (QED) is 0.196. The van der Waals surface area contributed by atoms with Gasteiger partial charge in [-0.2, -0.15) is 5.26 Å². The lowest BCUT2D eigenvalue weighted by Gasteiger charge is -2.10. The molecule has 0 aliphatic rings. The van der Waals surface area contributed by atoms with E-state index in [9.17, 15) is 19.6 Å². The van der Waals surface area contributed by atoms with Gasteiger partial charge in [-0.05, 0) is 56.2 Å². The Labute approximate surface area is 209 Å². The number of carbonyl (C=O) groups is 3. The van der Waals surface area contributed by atoms with E-state index in [0.717, 1.165) is 5.56 Å². The summed E-state index contributed by atoms with van der Waals surface area (Å²) in [5.41, 5.74) is 3.05. The Morgan fingerprint density at radius 2 is 1.72 bits per heavy atom. The van der Waals surface area contributed by atoms with Crippen molar-refractivity contribution in [3.8, 4) is 11.8 Å². The summed E-state index contributed by atoms with van der Waals surface area (Å²) in [5.74, 6) is -1.01. The average Bonchev–Trinajstić information content (AvgIpc) is 3.19. The van der Waals surface area contributed by atoms with E-state index in [1.807, 2.05) is 6.07 Å². The number of allylic oxidation sites excluding steroid dienone is 1.